The van der Waals surface area contributed by atoms with Crippen molar-refractivity contribution in [1.82, 2.24) is 4.57 Å². The lowest BCUT2D eigenvalue weighted by molar-refractivity contribution is 0.793. The van der Waals surface area contributed by atoms with E-state index >= 15 is 0 Å². The highest BCUT2D eigenvalue weighted by atomic mass is 15.2. The maximum absolute atomic E-state index is 2.81. The van der Waals surface area contributed by atoms with E-state index in [4.69, 9.17) is 0 Å². The first-order valence-corrected chi connectivity index (χ1v) is 38.4. The molecule has 0 saturated heterocycles. The van der Waals surface area contributed by atoms with Gasteiger partial charge in [0.25, 0.3) is 6.71 Å². The molecule has 3 nitrogen and oxygen atoms in total. The lowest BCUT2D eigenvalue weighted by atomic mass is 9.31. The highest BCUT2D eigenvalue weighted by Crippen LogP contribution is 2.69. The Bertz CT molecular complexity index is 6950. The Morgan fingerprint density at radius 1 is 0.211 bits per heavy atom. The van der Waals surface area contributed by atoms with Crippen LogP contribution in [0.5, 0.6) is 0 Å². The summed E-state index contributed by atoms with van der Waals surface area (Å²) in [6.07, 6.45) is 0. The average molecular weight is 1380 g/mol. The SMILES string of the molecule is c1ccc(-c2ccc(N3c4cc(-n5c6ccccc6c6ccccc65)cc5c4B(c4cc6c(cc4N5c4cccc5c4-c4ccccc4C54c5ccccc5-c5ccccc54)C4(c5ccccc5-c5ccccc54)c4ccccc4-6)c4c3ccc3c4C4(c5ccccc5-c5ccccc54)c4ccccc4-3)cc2)cc1. The second-order valence-electron chi connectivity index (χ2n) is 31.0. The highest BCUT2D eigenvalue weighted by molar-refractivity contribution is 7.01. The number of aromatic nitrogens is 1. The second-order valence-corrected chi connectivity index (χ2v) is 31.0. The number of rotatable bonds is 4. The van der Waals surface area contributed by atoms with Crippen molar-refractivity contribution in [3.8, 4) is 83.6 Å². The molecule has 0 saturated carbocycles. The molecule has 0 atom stereocenters. The third kappa shape index (κ3) is 6.92. The summed E-state index contributed by atoms with van der Waals surface area (Å²) < 4.78 is 2.57. The number of nitrogens with zero attached hydrogens (tertiary/aromatic N) is 3. The van der Waals surface area contributed by atoms with E-state index in [-0.39, 0.29) is 6.71 Å². The molecule has 0 N–H and O–H groups in total. The van der Waals surface area contributed by atoms with Gasteiger partial charge in [-0.3, -0.25) is 0 Å². The molecule has 0 radical (unpaired) electrons. The average Bonchev–Trinajstić information content (AvgIpc) is 1.52. The van der Waals surface area contributed by atoms with Crippen LogP contribution >= 0.6 is 0 Å². The van der Waals surface area contributed by atoms with Gasteiger partial charge in [0.05, 0.1) is 38.7 Å². The van der Waals surface area contributed by atoms with Gasteiger partial charge in [-0.15, -0.1) is 0 Å². The van der Waals surface area contributed by atoms with Crippen LogP contribution in [0.3, 0.4) is 0 Å². The quantitative estimate of drug-likeness (QED) is 0.163. The molecular weight excluding hydrogens is 1310 g/mol. The van der Waals surface area contributed by atoms with E-state index in [1.807, 2.05) is 0 Å². The number of hydrogen-bond donors (Lipinski definition) is 0. The largest absolute Gasteiger partial charge is 0.311 e. The summed E-state index contributed by atoms with van der Waals surface area (Å²) in [4.78, 5) is 5.50. The first-order valence-electron chi connectivity index (χ1n) is 38.4. The minimum atomic E-state index is -0.706. The van der Waals surface area contributed by atoms with E-state index in [0.717, 1.165) is 39.5 Å². The summed E-state index contributed by atoms with van der Waals surface area (Å²) in [6.45, 7) is -0.333. The second kappa shape index (κ2) is 20.8. The number of fused-ring (bicyclic) bond motifs is 38. The summed E-state index contributed by atoms with van der Waals surface area (Å²) in [6, 6.07) is 146. The van der Waals surface area contributed by atoms with Crippen LogP contribution in [-0.4, -0.2) is 11.3 Å². The molecular formula is C105H62BN3. The van der Waals surface area contributed by atoms with Crippen molar-refractivity contribution in [3.05, 3.63) is 443 Å². The Labute approximate surface area is 631 Å². The predicted molar refractivity (Wildman–Crippen MR) is 449 cm³/mol. The van der Waals surface area contributed by atoms with E-state index in [0.29, 0.717) is 0 Å². The summed E-state index contributed by atoms with van der Waals surface area (Å²) in [5.41, 5.74) is 45.7. The molecule has 0 bridgehead atoms. The Morgan fingerprint density at radius 3 is 1.12 bits per heavy atom. The van der Waals surface area contributed by atoms with Gasteiger partial charge in [0.1, 0.15) is 0 Å². The molecule has 1 aromatic heterocycles. The first kappa shape index (κ1) is 58.5. The fraction of sp³-hybridized carbons (Fsp3) is 0.0286. The molecule has 2 aliphatic heterocycles. The third-order valence-electron chi connectivity index (χ3n) is 26.6. The van der Waals surface area contributed by atoms with Gasteiger partial charge < -0.3 is 14.4 Å². The van der Waals surface area contributed by atoms with Crippen molar-refractivity contribution in [2.75, 3.05) is 9.80 Å². The molecule has 6 aliphatic carbocycles. The number of hydrogen-bond acceptors (Lipinski definition) is 2. The fourth-order valence-electron chi connectivity index (χ4n) is 22.9. The molecule has 4 heteroatoms. The van der Waals surface area contributed by atoms with Crippen LogP contribution in [0, 0.1) is 0 Å². The van der Waals surface area contributed by atoms with Crippen molar-refractivity contribution in [3.63, 3.8) is 0 Å². The van der Waals surface area contributed by atoms with Crippen molar-refractivity contribution in [1.29, 1.82) is 0 Å². The van der Waals surface area contributed by atoms with Crippen LogP contribution in [0.1, 0.15) is 66.8 Å². The van der Waals surface area contributed by atoms with Crippen LogP contribution in [0.25, 0.3) is 105 Å². The van der Waals surface area contributed by atoms with Crippen LogP contribution < -0.4 is 26.2 Å². The first-order chi connectivity index (χ1) is 54.1. The zero-order valence-corrected chi connectivity index (χ0v) is 59.2. The van der Waals surface area contributed by atoms with Gasteiger partial charge in [0.2, 0.25) is 0 Å². The van der Waals surface area contributed by atoms with E-state index in [2.05, 4.69) is 390 Å². The smallest absolute Gasteiger partial charge is 0.252 e. The molecule has 8 aliphatic rings. The summed E-state index contributed by atoms with van der Waals surface area (Å²) in [5.74, 6) is 0. The third-order valence-corrected chi connectivity index (χ3v) is 26.6. The van der Waals surface area contributed by atoms with Crippen LogP contribution in [-0.2, 0) is 16.2 Å². The van der Waals surface area contributed by atoms with Crippen molar-refractivity contribution in [2.24, 2.45) is 0 Å². The van der Waals surface area contributed by atoms with E-state index in [9.17, 15) is 0 Å². The highest BCUT2D eigenvalue weighted by Gasteiger charge is 2.60. The maximum Gasteiger partial charge on any atom is 0.252 e. The van der Waals surface area contributed by atoms with Crippen molar-refractivity contribution >= 4 is 79.0 Å². The number of para-hydroxylation sites is 2. The minimum absolute atomic E-state index is 0.333. The van der Waals surface area contributed by atoms with E-state index < -0.39 is 16.2 Å². The summed E-state index contributed by atoms with van der Waals surface area (Å²) in [5, 5.41) is 2.44. The standard InChI is InChI=1S/C105H62BN3/c1-2-27-63(28-3-1)64-53-55-65(56-54-64)107-95-58-57-77-73-35-10-22-47-87(73)105(85-45-20-8-33-71(85)72-34-9-21-46-86(72)105)100(77)102(95)106-91-61-79-74-36-11-19-44-84(74)104(82-42-17-6-31-69(82)70-32-7-18-43-83(70)104)90(79)62-96(91)109(98-60-66(59-97(107)101(98)106)108-92-50-24-13-37-75(92)76-38-14-25-51-93(76)108)94-52-26-49-89-99(94)78-39-12-23-48-88(78)103(89)80-40-15-4-29-67(80)68-30-5-16-41-81(68)103/h1-62H. The molecule has 0 fully saturated rings. The Morgan fingerprint density at radius 2 is 0.606 bits per heavy atom. The van der Waals surface area contributed by atoms with Gasteiger partial charge in [-0.1, -0.05) is 322 Å². The maximum atomic E-state index is 2.81. The zero-order chi connectivity index (χ0) is 70.7. The van der Waals surface area contributed by atoms with Gasteiger partial charge in [0, 0.05) is 44.8 Å². The molecule has 0 unspecified atom stereocenters. The van der Waals surface area contributed by atoms with E-state index in [1.54, 1.807) is 0 Å². The number of benzene rings is 17. The molecule has 0 amide bonds. The molecule has 17 aromatic carbocycles. The summed E-state index contributed by atoms with van der Waals surface area (Å²) in [7, 11) is 0. The van der Waals surface area contributed by atoms with Gasteiger partial charge in [0.15, 0.2) is 0 Å². The zero-order valence-electron chi connectivity index (χ0n) is 59.2. The van der Waals surface area contributed by atoms with Crippen molar-refractivity contribution in [2.45, 2.75) is 16.2 Å². The normalized spacial score (nSPS) is 15.0. The minimum Gasteiger partial charge on any atom is -0.311 e. The molecule has 500 valence electrons. The summed E-state index contributed by atoms with van der Waals surface area (Å²) >= 11 is 0. The Hall–Kier alpha value is -13.8. The molecule has 109 heavy (non-hydrogen) atoms. The topological polar surface area (TPSA) is 11.4 Å². The number of anilines is 6. The van der Waals surface area contributed by atoms with Crippen LogP contribution in [0.15, 0.2) is 376 Å². The lowest BCUT2D eigenvalue weighted by Crippen LogP contribution is -2.63. The molecule has 18 aromatic rings. The van der Waals surface area contributed by atoms with Gasteiger partial charge in [-0.05, 0) is 210 Å². The molecule has 3 heterocycles. The van der Waals surface area contributed by atoms with Gasteiger partial charge in [-0.25, -0.2) is 0 Å². The van der Waals surface area contributed by atoms with Gasteiger partial charge in [-0.2, -0.15) is 0 Å². The van der Waals surface area contributed by atoms with Crippen LogP contribution in [0.2, 0.25) is 0 Å². The monoisotopic (exact) mass is 1380 g/mol. The molecule has 3 spiro atoms. The molecule has 26 rings (SSSR count). The van der Waals surface area contributed by atoms with E-state index in [1.165, 1.54) is 183 Å². The Kier molecular flexibility index (Phi) is 11.2. The van der Waals surface area contributed by atoms with Gasteiger partial charge >= 0.3 is 0 Å². The predicted octanol–water partition coefficient (Wildman–Crippen LogP) is 23.6. The van der Waals surface area contributed by atoms with Crippen LogP contribution in [0.4, 0.5) is 34.1 Å². The van der Waals surface area contributed by atoms with Crippen molar-refractivity contribution < 1.29 is 0 Å². The fourth-order valence-corrected chi connectivity index (χ4v) is 22.9. The Balaban J connectivity index is 0.869. The lowest BCUT2D eigenvalue weighted by Gasteiger charge is -2.47.